The molecule has 5 rings (SSSR count). The maximum atomic E-state index is 5.78. The van der Waals surface area contributed by atoms with Crippen LogP contribution in [0.4, 0.5) is 10.8 Å². The summed E-state index contributed by atoms with van der Waals surface area (Å²) in [7, 11) is 0. The van der Waals surface area contributed by atoms with Gasteiger partial charge >= 0.3 is 0 Å². The summed E-state index contributed by atoms with van der Waals surface area (Å²) < 4.78 is 22.7. The van der Waals surface area contributed by atoms with Gasteiger partial charge in [0, 0.05) is 29.1 Å². The molecular weight excluding hydrogens is 364 g/mol. The predicted molar refractivity (Wildman–Crippen MR) is 104 cm³/mol. The highest BCUT2D eigenvalue weighted by atomic mass is 32.1. The number of rotatable bonds is 3. The van der Waals surface area contributed by atoms with E-state index in [1.165, 1.54) is 0 Å². The summed E-state index contributed by atoms with van der Waals surface area (Å²) in [5, 5.41) is 6.17. The Morgan fingerprint density at radius 2 is 1.48 bits per heavy atom. The van der Waals surface area contributed by atoms with Gasteiger partial charge in [0.1, 0.15) is 13.2 Å². The molecule has 3 heterocycles. The third-order valence-electron chi connectivity index (χ3n) is 4.34. The SMILES string of the molecule is c1cc2c(cc1Nc1nc(-c3ccc4c(c3)OCCCO4)cs1)OCCO2. The Kier molecular flexibility index (Phi) is 4.21. The van der Waals surface area contributed by atoms with Crippen LogP contribution in [0.15, 0.2) is 41.8 Å². The average molecular weight is 382 g/mol. The van der Waals surface area contributed by atoms with Crippen molar-refractivity contribution in [1.82, 2.24) is 4.98 Å². The summed E-state index contributed by atoms with van der Waals surface area (Å²) in [6.45, 7) is 2.52. The first-order valence-electron chi connectivity index (χ1n) is 8.87. The Labute approximate surface area is 160 Å². The average Bonchev–Trinajstić information content (AvgIpc) is 3.04. The molecular formula is C20H18N2O4S. The lowest BCUT2D eigenvalue weighted by atomic mass is 10.1. The van der Waals surface area contributed by atoms with Gasteiger partial charge in [-0.05, 0) is 30.3 Å². The minimum Gasteiger partial charge on any atom is -0.490 e. The van der Waals surface area contributed by atoms with Crippen LogP contribution < -0.4 is 24.3 Å². The highest BCUT2D eigenvalue weighted by molar-refractivity contribution is 7.14. The third-order valence-corrected chi connectivity index (χ3v) is 5.10. The predicted octanol–water partition coefficient (Wildman–Crippen LogP) is 4.49. The smallest absolute Gasteiger partial charge is 0.187 e. The van der Waals surface area contributed by atoms with Crippen molar-refractivity contribution in [2.24, 2.45) is 0 Å². The monoisotopic (exact) mass is 382 g/mol. The van der Waals surface area contributed by atoms with Crippen molar-refractivity contribution in [3.8, 4) is 34.3 Å². The third kappa shape index (κ3) is 3.38. The summed E-state index contributed by atoms with van der Waals surface area (Å²) >= 11 is 1.55. The second-order valence-electron chi connectivity index (χ2n) is 6.23. The first kappa shape index (κ1) is 16.3. The molecule has 2 aliphatic rings. The zero-order valence-corrected chi connectivity index (χ0v) is 15.4. The molecule has 0 saturated heterocycles. The molecule has 138 valence electrons. The van der Waals surface area contributed by atoms with E-state index in [-0.39, 0.29) is 0 Å². The van der Waals surface area contributed by atoms with Crippen molar-refractivity contribution >= 4 is 22.2 Å². The minimum absolute atomic E-state index is 0.571. The Morgan fingerprint density at radius 1 is 0.778 bits per heavy atom. The van der Waals surface area contributed by atoms with Gasteiger partial charge in [-0.1, -0.05) is 0 Å². The lowest BCUT2D eigenvalue weighted by molar-refractivity contribution is 0.171. The fourth-order valence-corrected chi connectivity index (χ4v) is 3.77. The molecule has 0 radical (unpaired) electrons. The maximum absolute atomic E-state index is 5.78. The fraction of sp³-hybridized carbons (Fsp3) is 0.250. The van der Waals surface area contributed by atoms with Crippen LogP contribution in [0, 0.1) is 0 Å². The van der Waals surface area contributed by atoms with Crippen molar-refractivity contribution in [2.45, 2.75) is 6.42 Å². The lowest BCUT2D eigenvalue weighted by Gasteiger charge is -2.18. The van der Waals surface area contributed by atoms with Crippen LogP contribution in [0.1, 0.15) is 6.42 Å². The van der Waals surface area contributed by atoms with E-state index in [9.17, 15) is 0 Å². The number of aromatic nitrogens is 1. The van der Waals surface area contributed by atoms with Gasteiger partial charge in [0.25, 0.3) is 0 Å². The molecule has 0 unspecified atom stereocenters. The molecule has 27 heavy (non-hydrogen) atoms. The van der Waals surface area contributed by atoms with Gasteiger partial charge in [-0.2, -0.15) is 0 Å². The van der Waals surface area contributed by atoms with E-state index in [0.717, 1.165) is 51.5 Å². The standard InChI is InChI=1S/C20H18N2O4S/c1-6-23-16-4-2-13(10-18(16)24-7-1)15-12-27-20(22-15)21-14-3-5-17-19(11-14)26-9-8-25-17/h2-5,10-12H,1,6-9H2,(H,21,22). The Hall–Kier alpha value is -2.93. The topological polar surface area (TPSA) is 61.8 Å². The number of ether oxygens (including phenoxy) is 4. The van der Waals surface area contributed by atoms with E-state index >= 15 is 0 Å². The number of hydrogen-bond acceptors (Lipinski definition) is 7. The first-order chi connectivity index (χ1) is 13.3. The second-order valence-corrected chi connectivity index (χ2v) is 7.09. The van der Waals surface area contributed by atoms with E-state index in [2.05, 4.69) is 5.32 Å². The number of anilines is 2. The van der Waals surface area contributed by atoms with Crippen molar-refractivity contribution < 1.29 is 18.9 Å². The van der Waals surface area contributed by atoms with Gasteiger partial charge in [-0.15, -0.1) is 11.3 Å². The Bertz CT molecular complexity index is 972. The van der Waals surface area contributed by atoms with E-state index in [4.69, 9.17) is 23.9 Å². The molecule has 0 aliphatic carbocycles. The lowest BCUT2D eigenvalue weighted by Crippen LogP contribution is -2.15. The van der Waals surface area contributed by atoms with E-state index in [1.54, 1.807) is 11.3 Å². The van der Waals surface area contributed by atoms with Gasteiger partial charge in [0.2, 0.25) is 0 Å². The van der Waals surface area contributed by atoms with Gasteiger partial charge in [-0.3, -0.25) is 0 Å². The number of nitrogens with one attached hydrogen (secondary N) is 1. The van der Waals surface area contributed by atoms with Crippen LogP contribution in [0.5, 0.6) is 23.0 Å². The summed E-state index contributed by atoms with van der Waals surface area (Å²) in [5.41, 5.74) is 2.82. The van der Waals surface area contributed by atoms with E-state index in [0.29, 0.717) is 26.4 Å². The van der Waals surface area contributed by atoms with Gasteiger partial charge in [-0.25, -0.2) is 4.98 Å². The molecule has 3 aromatic rings. The van der Waals surface area contributed by atoms with Crippen LogP contribution in [0.3, 0.4) is 0 Å². The van der Waals surface area contributed by atoms with Crippen LogP contribution in [0.2, 0.25) is 0 Å². The van der Waals surface area contributed by atoms with Crippen LogP contribution in [-0.4, -0.2) is 31.4 Å². The molecule has 0 saturated carbocycles. The second kappa shape index (κ2) is 7.00. The van der Waals surface area contributed by atoms with Gasteiger partial charge < -0.3 is 24.3 Å². The summed E-state index contributed by atoms with van der Waals surface area (Å²) in [5.74, 6) is 3.10. The van der Waals surface area contributed by atoms with E-state index in [1.807, 2.05) is 41.8 Å². The summed E-state index contributed by atoms with van der Waals surface area (Å²) in [6.07, 6.45) is 0.893. The number of hydrogen-bond donors (Lipinski definition) is 1. The largest absolute Gasteiger partial charge is 0.490 e. The summed E-state index contributed by atoms with van der Waals surface area (Å²) in [4.78, 5) is 4.70. The highest BCUT2D eigenvalue weighted by Gasteiger charge is 2.14. The molecule has 0 spiro atoms. The molecule has 1 aromatic heterocycles. The molecule has 1 N–H and O–H groups in total. The summed E-state index contributed by atoms with van der Waals surface area (Å²) in [6, 6.07) is 11.8. The zero-order chi connectivity index (χ0) is 18.1. The molecule has 7 heteroatoms. The molecule has 0 atom stereocenters. The Balaban J connectivity index is 1.36. The molecule has 2 aromatic carbocycles. The molecule has 2 aliphatic heterocycles. The van der Waals surface area contributed by atoms with Crippen LogP contribution in [0.25, 0.3) is 11.3 Å². The number of benzene rings is 2. The molecule has 0 amide bonds. The van der Waals surface area contributed by atoms with Gasteiger partial charge in [0.15, 0.2) is 28.1 Å². The minimum atomic E-state index is 0.571. The van der Waals surface area contributed by atoms with Crippen molar-refractivity contribution in [1.29, 1.82) is 0 Å². The Morgan fingerprint density at radius 3 is 2.37 bits per heavy atom. The van der Waals surface area contributed by atoms with Gasteiger partial charge in [0.05, 0.1) is 18.9 Å². The number of thiazole rings is 1. The molecule has 0 fully saturated rings. The first-order valence-corrected chi connectivity index (χ1v) is 9.75. The van der Waals surface area contributed by atoms with Crippen LogP contribution >= 0.6 is 11.3 Å². The normalized spacial score (nSPS) is 15.1. The molecule has 0 bridgehead atoms. The van der Waals surface area contributed by atoms with Crippen molar-refractivity contribution in [2.75, 3.05) is 31.7 Å². The number of fused-ring (bicyclic) bond motifs is 2. The molecule has 6 nitrogen and oxygen atoms in total. The maximum Gasteiger partial charge on any atom is 0.187 e. The van der Waals surface area contributed by atoms with Crippen molar-refractivity contribution in [3.63, 3.8) is 0 Å². The van der Waals surface area contributed by atoms with E-state index < -0.39 is 0 Å². The fourth-order valence-electron chi connectivity index (χ4n) is 3.03. The van der Waals surface area contributed by atoms with Crippen molar-refractivity contribution in [3.05, 3.63) is 41.8 Å². The van der Waals surface area contributed by atoms with Crippen LogP contribution in [-0.2, 0) is 0 Å². The quantitative estimate of drug-likeness (QED) is 0.720. The highest BCUT2D eigenvalue weighted by Crippen LogP contribution is 2.37. The number of nitrogens with zero attached hydrogens (tertiary/aromatic N) is 1. The zero-order valence-electron chi connectivity index (χ0n) is 14.6.